The smallest absolute Gasteiger partial charge is 0.430 e. The highest BCUT2D eigenvalue weighted by Crippen LogP contribution is 2.49. The number of pyridine rings is 1. The van der Waals surface area contributed by atoms with Crippen LogP contribution in [0, 0.1) is 11.7 Å². The second-order valence-electron chi connectivity index (χ2n) is 11.2. The lowest BCUT2D eigenvalue weighted by Crippen LogP contribution is -2.44. The maximum atomic E-state index is 14.9. The zero-order chi connectivity index (χ0) is 31.7. The Balaban J connectivity index is 1.77. The van der Waals surface area contributed by atoms with Crippen molar-refractivity contribution >= 4 is 11.8 Å². The number of aliphatic hydroxyl groups excluding tert-OH is 1. The molecule has 5 rings (SSSR count). The van der Waals surface area contributed by atoms with E-state index in [1.54, 1.807) is 20.8 Å². The van der Waals surface area contributed by atoms with Crippen LogP contribution < -0.4 is 10.1 Å². The van der Waals surface area contributed by atoms with Gasteiger partial charge < -0.3 is 29.4 Å². The van der Waals surface area contributed by atoms with Crippen molar-refractivity contribution < 1.29 is 54.8 Å². The van der Waals surface area contributed by atoms with Gasteiger partial charge in [-0.1, -0.05) is 17.7 Å². The van der Waals surface area contributed by atoms with Gasteiger partial charge in [0.05, 0.1) is 11.3 Å². The fourth-order valence-electron chi connectivity index (χ4n) is 4.62. The van der Waals surface area contributed by atoms with Gasteiger partial charge in [-0.25, -0.2) is 9.37 Å². The fourth-order valence-corrected chi connectivity index (χ4v) is 4.62. The normalized spacial score (nSPS) is 24.1. The van der Waals surface area contributed by atoms with E-state index in [1.807, 2.05) is 0 Å². The van der Waals surface area contributed by atoms with Gasteiger partial charge in [-0.05, 0) is 57.9 Å². The number of hydrogen-bond donors (Lipinski definition) is 3. The summed E-state index contributed by atoms with van der Waals surface area (Å²) in [6.07, 6.45) is -11.7. The maximum absolute atomic E-state index is 14.9. The lowest BCUT2D eigenvalue weighted by molar-refractivity contribution is -0.256. The molecule has 43 heavy (non-hydrogen) atoms. The number of aliphatic hydroxyl groups is 2. The third kappa shape index (κ3) is 5.90. The number of fused-ring (bicyclic) bond motifs is 8. The van der Waals surface area contributed by atoms with Gasteiger partial charge >= 0.3 is 12.4 Å². The summed E-state index contributed by atoms with van der Waals surface area (Å²) < 4.78 is 117. The molecule has 1 aromatic carbocycles. The van der Waals surface area contributed by atoms with E-state index in [4.69, 9.17) is 13.9 Å². The van der Waals surface area contributed by atoms with Gasteiger partial charge in [0.1, 0.15) is 17.5 Å². The van der Waals surface area contributed by atoms with Gasteiger partial charge in [-0.3, -0.25) is 0 Å². The Morgan fingerprint density at radius 3 is 2.42 bits per heavy atom. The molecule has 1 fully saturated rings. The largest absolute Gasteiger partial charge is 0.474 e. The van der Waals surface area contributed by atoms with Crippen molar-refractivity contribution in [1.29, 1.82) is 0 Å². The van der Waals surface area contributed by atoms with Crippen molar-refractivity contribution in [1.82, 2.24) is 15.2 Å². The van der Waals surface area contributed by atoms with Crippen molar-refractivity contribution in [3.63, 3.8) is 0 Å². The number of halogens is 7. The Bertz CT molecular complexity index is 1580. The van der Waals surface area contributed by atoms with Gasteiger partial charge in [-0.2, -0.15) is 26.3 Å². The lowest BCUT2D eigenvalue weighted by atomic mass is 9.90. The van der Waals surface area contributed by atoms with Crippen LogP contribution in [0.4, 0.5) is 36.4 Å². The molecule has 1 aliphatic heterocycles. The molecule has 1 saturated carbocycles. The molecule has 6 bridgehead atoms. The van der Waals surface area contributed by atoms with Crippen LogP contribution in [0.25, 0.3) is 17.7 Å². The predicted molar refractivity (Wildman–Crippen MR) is 135 cm³/mol. The van der Waals surface area contributed by atoms with E-state index >= 15 is 0 Å². The number of anilines is 1. The van der Waals surface area contributed by atoms with Crippen molar-refractivity contribution in [3.8, 4) is 17.5 Å². The first-order valence-electron chi connectivity index (χ1n) is 12.8. The third-order valence-electron chi connectivity index (χ3n) is 6.75. The number of nitrogens with one attached hydrogen (secondary N) is 1. The van der Waals surface area contributed by atoms with Crippen molar-refractivity contribution in [3.05, 3.63) is 58.2 Å². The number of rotatable bonds is 3. The number of alkyl halides is 6. The lowest BCUT2D eigenvalue weighted by Gasteiger charge is -2.28. The molecule has 2 aliphatic rings. The van der Waals surface area contributed by atoms with Gasteiger partial charge in [0.2, 0.25) is 12.3 Å². The zero-order valence-corrected chi connectivity index (χ0v) is 22.9. The molecule has 0 amide bonds. The van der Waals surface area contributed by atoms with Crippen molar-refractivity contribution in [2.45, 2.75) is 70.2 Å². The van der Waals surface area contributed by atoms with Crippen LogP contribution in [-0.2, 0) is 16.5 Å². The average Bonchev–Trinajstić information content (AvgIpc) is 3.45. The Labute approximate surface area is 239 Å². The predicted octanol–water partition coefficient (Wildman–Crippen LogP) is 5.77. The molecule has 1 aliphatic carbocycles. The Morgan fingerprint density at radius 2 is 1.79 bits per heavy atom. The number of aromatic nitrogens is 3. The first-order chi connectivity index (χ1) is 19.8. The van der Waals surface area contributed by atoms with Crippen LogP contribution in [0.2, 0.25) is 0 Å². The molecule has 9 nitrogen and oxygen atoms in total. The number of hydrogen-bond acceptors (Lipinski definition) is 9. The van der Waals surface area contributed by atoms with Crippen LogP contribution in [0.15, 0.2) is 34.3 Å². The van der Waals surface area contributed by atoms with E-state index < -0.39 is 88.0 Å². The summed E-state index contributed by atoms with van der Waals surface area (Å²) in [6, 6.07) is 3.16. The number of nitrogens with zero attached hydrogens (tertiary/aromatic N) is 3. The first-order valence-corrected chi connectivity index (χ1v) is 12.8. The summed E-state index contributed by atoms with van der Waals surface area (Å²) in [5.41, 5.74) is -8.42. The molecule has 3 heterocycles. The fraction of sp³-hybridized carbons (Fsp3) is 0.444. The summed E-state index contributed by atoms with van der Waals surface area (Å²) in [6.45, 7) is 6.11. The molecule has 3 N–H and O–H groups in total. The molecular formula is C27H25F7N4O5. The molecule has 0 saturated heterocycles. The van der Waals surface area contributed by atoms with Crippen LogP contribution in [0.1, 0.15) is 56.7 Å². The van der Waals surface area contributed by atoms with Crippen LogP contribution in [0.3, 0.4) is 0 Å². The highest BCUT2D eigenvalue weighted by molar-refractivity contribution is 5.71. The molecule has 2 aromatic heterocycles. The van der Waals surface area contributed by atoms with Crippen LogP contribution in [-0.4, -0.2) is 49.7 Å². The van der Waals surface area contributed by atoms with E-state index in [-0.39, 0.29) is 5.56 Å². The molecular weight excluding hydrogens is 593 g/mol. The molecule has 3 aromatic rings. The highest BCUT2D eigenvalue weighted by Gasteiger charge is 2.62. The van der Waals surface area contributed by atoms with E-state index in [0.29, 0.717) is 18.1 Å². The minimum absolute atomic E-state index is 0.0763. The first kappa shape index (κ1) is 30.7. The quantitative estimate of drug-likeness (QED) is 0.248. The standard InChI is InChI=1S/C27H25F7N4O5/c1-11-14-9-13(14)7-12-5-6-17(28)15(8-12)25(40,27(32,33)34)22-38-37-21(42-22)19-18(35-23(39)43-24(2,3)4)10-16(26(29,30)31)20(36-19)41-11/h5-8,10-11,14,23,35,39-40H,9H2,1-4H3/b13-7-/t11-,14?,23?,25?/m1/s1. The summed E-state index contributed by atoms with van der Waals surface area (Å²) in [5, 5.41) is 30.4. The van der Waals surface area contributed by atoms with Crippen LogP contribution >= 0.6 is 0 Å². The maximum Gasteiger partial charge on any atom is 0.430 e. The molecule has 16 heteroatoms. The summed E-state index contributed by atoms with van der Waals surface area (Å²) in [4.78, 5) is 3.88. The van der Waals surface area contributed by atoms with E-state index in [9.17, 15) is 40.9 Å². The summed E-state index contributed by atoms with van der Waals surface area (Å²) >= 11 is 0. The molecule has 3 unspecified atom stereocenters. The van der Waals surface area contributed by atoms with Crippen molar-refractivity contribution in [2.24, 2.45) is 5.92 Å². The molecule has 0 spiro atoms. The topological polar surface area (TPSA) is 123 Å². The summed E-state index contributed by atoms with van der Waals surface area (Å²) in [7, 11) is 0. The van der Waals surface area contributed by atoms with E-state index in [2.05, 4.69) is 20.5 Å². The van der Waals surface area contributed by atoms with Gasteiger partial charge in [0, 0.05) is 11.5 Å². The minimum Gasteiger partial charge on any atom is -0.474 e. The Hall–Kier alpha value is -3.76. The highest BCUT2D eigenvalue weighted by atomic mass is 19.4. The minimum atomic E-state index is -5.60. The summed E-state index contributed by atoms with van der Waals surface area (Å²) in [5.74, 6) is -5.28. The molecule has 4 atom stereocenters. The second kappa shape index (κ2) is 10.2. The van der Waals surface area contributed by atoms with Crippen LogP contribution in [0.5, 0.6) is 5.88 Å². The molecule has 0 radical (unpaired) electrons. The van der Waals surface area contributed by atoms with Crippen molar-refractivity contribution in [2.75, 3.05) is 5.32 Å². The van der Waals surface area contributed by atoms with Gasteiger partial charge in [0.15, 0.2) is 5.69 Å². The second-order valence-corrected chi connectivity index (χ2v) is 11.2. The Kier molecular flexibility index (Phi) is 7.25. The van der Waals surface area contributed by atoms with Gasteiger partial charge in [0.25, 0.3) is 17.4 Å². The van der Waals surface area contributed by atoms with Gasteiger partial charge in [-0.15, -0.1) is 10.2 Å². The monoisotopic (exact) mass is 618 g/mol. The molecule has 232 valence electrons. The zero-order valence-electron chi connectivity index (χ0n) is 22.9. The SMILES string of the molecule is C[C@H]1Oc2nc(c(NC(O)OC(C)(C)C)cc2C(F)(F)F)-c2nnc(o2)C(O)(C(F)(F)F)c2cc(ccc2F)/C=C2/CC21. The number of benzene rings is 1. The van der Waals surface area contributed by atoms with E-state index in [0.717, 1.165) is 12.1 Å². The van der Waals surface area contributed by atoms with E-state index in [1.165, 1.54) is 19.1 Å². The Morgan fingerprint density at radius 1 is 1.09 bits per heavy atom. The average molecular weight is 619 g/mol. The number of ether oxygens (including phenoxy) is 2. The third-order valence-corrected chi connectivity index (χ3v) is 6.75.